The lowest BCUT2D eigenvalue weighted by atomic mass is 9.96. The summed E-state index contributed by atoms with van der Waals surface area (Å²) >= 11 is 0. The molecule has 0 aromatic heterocycles. The first-order valence-corrected chi connectivity index (χ1v) is 7.08. The molecule has 0 spiro atoms. The molecule has 21 heavy (non-hydrogen) atoms. The Labute approximate surface area is 121 Å². The van der Waals surface area contributed by atoms with Crippen LogP contribution in [0.5, 0.6) is 0 Å². The molecule has 0 heterocycles. The average molecular weight is 270 g/mol. The molecule has 4 aromatic rings. The van der Waals surface area contributed by atoms with Gasteiger partial charge in [0.1, 0.15) is 5.82 Å². The maximum absolute atomic E-state index is 14.2. The fraction of sp³-hybridized carbons (Fsp3) is 0. The van der Waals surface area contributed by atoms with Crippen LogP contribution in [0.15, 0.2) is 66.7 Å². The zero-order valence-corrected chi connectivity index (χ0v) is 11.2. The Kier molecular flexibility index (Phi) is 1.95. The van der Waals surface area contributed by atoms with E-state index in [4.69, 9.17) is 0 Å². The molecule has 0 saturated heterocycles. The number of fused-ring (bicyclic) bond motifs is 5. The van der Waals surface area contributed by atoms with Crippen LogP contribution in [0.3, 0.4) is 0 Å². The Morgan fingerprint density at radius 2 is 1.19 bits per heavy atom. The van der Waals surface area contributed by atoms with Gasteiger partial charge in [0.2, 0.25) is 0 Å². The van der Waals surface area contributed by atoms with Gasteiger partial charge in [-0.2, -0.15) is 0 Å². The van der Waals surface area contributed by atoms with Crippen LogP contribution in [0.1, 0.15) is 0 Å². The fourth-order valence-corrected chi connectivity index (χ4v) is 3.59. The van der Waals surface area contributed by atoms with E-state index in [1.165, 1.54) is 28.1 Å². The number of hydrogen-bond acceptors (Lipinski definition) is 0. The third-order valence-electron chi connectivity index (χ3n) is 4.47. The van der Waals surface area contributed by atoms with Crippen molar-refractivity contribution >= 4 is 21.5 Å². The Morgan fingerprint density at radius 3 is 2.05 bits per heavy atom. The molecule has 0 unspecified atom stereocenters. The minimum Gasteiger partial charge on any atom is -0.206 e. The van der Waals surface area contributed by atoms with Crippen molar-refractivity contribution in [2.24, 2.45) is 0 Å². The molecule has 1 aliphatic rings. The van der Waals surface area contributed by atoms with Crippen LogP contribution in [-0.2, 0) is 0 Å². The summed E-state index contributed by atoms with van der Waals surface area (Å²) in [6.45, 7) is 0. The summed E-state index contributed by atoms with van der Waals surface area (Å²) in [5.74, 6) is -0.152. The van der Waals surface area contributed by atoms with Gasteiger partial charge in [0.25, 0.3) is 0 Å². The second-order valence-electron chi connectivity index (χ2n) is 5.53. The van der Waals surface area contributed by atoms with Crippen LogP contribution in [0.2, 0.25) is 0 Å². The van der Waals surface area contributed by atoms with E-state index in [9.17, 15) is 4.39 Å². The van der Waals surface area contributed by atoms with Gasteiger partial charge >= 0.3 is 0 Å². The topological polar surface area (TPSA) is 0 Å². The van der Waals surface area contributed by atoms with Crippen molar-refractivity contribution in [1.29, 1.82) is 0 Å². The molecular formula is C20H11F. The summed E-state index contributed by atoms with van der Waals surface area (Å²) in [5, 5.41) is 4.07. The van der Waals surface area contributed by atoms with Crippen LogP contribution in [0, 0.1) is 5.82 Å². The molecule has 1 aliphatic carbocycles. The summed E-state index contributed by atoms with van der Waals surface area (Å²) in [6.07, 6.45) is 0. The number of benzene rings is 4. The molecule has 0 amide bonds. The molecule has 0 aliphatic heterocycles. The molecular weight excluding hydrogens is 259 g/mol. The van der Waals surface area contributed by atoms with Crippen LogP contribution in [-0.4, -0.2) is 0 Å². The van der Waals surface area contributed by atoms with E-state index in [0.29, 0.717) is 5.39 Å². The molecule has 1 heteroatoms. The standard InChI is InChI=1S/C20H11F/c21-19-10-4-7-14-16-9-3-8-15-12-5-1-2-6-13(12)18(20(15)16)11-17(14)19/h1-11H. The highest BCUT2D eigenvalue weighted by Gasteiger charge is 2.22. The summed E-state index contributed by atoms with van der Waals surface area (Å²) in [6, 6.07) is 22.0. The van der Waals surface area contributed by atoms with E-state index >= 15 is 0 Å². The Bertz CT molecular complexity index is 1040. The largest absolute Gasteiger partial charge is 0.206 e. The van der Waals surface area contributed by atoms with Gasteiger partial charge in [0.15, 0.2) is 0 Å². The molecule has 0 radical (unpaired) electrons. The van der Waals surface area contributed by atoms with Crippen LogP contribution >= 0.6 is 0 Å². The van der Waals surface area contributed by atoms with E-state index in [1.54, 1.807) is 6.07 Å². The van der Waals surface area contributed by atoms with Gasteiger partial charge in [0, 0.05) is 5.39 Å². The van der Waals surface area contributed by atoms with Gasteiger partial charge in [-0.05, 0) is 50.5 Å². The predicted octanol–water partition coefficient (Wildman–Crippen LogP) is 5.78. The third-order valence-corrected chi connectivity index (χ3v) is 4.47. The molecule has 4 aromatic carbocycles. The number of rotatable bonds is 0. The van der Waals surface area contributed by atoms with Gasteiger partial charge < -0.3 is 0 Å². The number of halogens is 1. The second-order valence-corrected chi connectivity index (χ2v) is 5.53. The minimum absolute atomic E-state index is 0.152. The zero-order valence-electron chi connectivity index (χ0n) is 11.2. The van der Waals surface area contributed by atoms with Crippen LogP contribution in [0.25, 0.3) is 43.8 Å². The molecule has 5 rings (SSSR count). The van der Waals surface area contributed by atoms with Crippen molar-refractivity contribution in [3.8, 4) is 22.3 Å². The van der Waals surface area contributed by atoms with Gasteiger partial charge in [-0.1, -0.05) is 54.6 Å². The first-order valence-electron chi connectivity index (χ1n) is 7.08. The van der Waals surface area contributed by atoms with Gasteiger partial charge in [0.05, 0.1) is 0 Å². The highest BCUT2D eigenvalue weighted by Crippen LogP contribution is 2.49. The lowest BCUT2D eigenvalue weighted by Gasteiger charge is -2.08. The second kappa shape index (κ2) is 3.70. The van der Waals surface area contributed by atoms with Crippen molar-refractivity contribution in [1.82, 2.24) is 0 Å². The van der Waals surface area contributed by atoms with Crippen molar-refractivity contribution in [3.05, 3.63) is 72.5 Å². The summed E-state index contributed by atoms with van der Waals surface area (Å²) in [4.78, 5) is 0. The van der Waals surface area contributed by atoms with E-state index in [-0.39, 0.29) is 5.82 Å². The Morgan fingerprint density at radius 1 is 0.524 bits per heavy atom. The first kappa shape index (κ1) is 11.0. The molecule has 98 valence electrons. The third kappa shape index (κ3) is 1.28. The smallest absolute Gasteiger partial charge is 0.131 e. The summed E-state index contributed by atoms with van der Waals surface area (Å²) < 4.78 is 14.2. The van der Waals surface area contributed by atoms with Crippen molar-refractivity contribution < 1.29 is 4.39 Å². The molecule has 0 bridgehead atoms. The summed E-state index contributed by atoms with van der Waals surface area (Å²) in [5.41, 5.74) is 4.85. The fourth-order valence-electron chi connectivity index (χ4n) is 3.59. The minimum atomic E-state index is -0.152. The van der Waals surface area contributed by atoms with E-state index < -0.39 is 0 Å². The quantitative estimate of drug-likeness (QED) is 0.313. The maximum Gasteiger partial charge on any atom is 0.131 e. The maximum atomic E-state index is 14.2. The Balaban J connectivity index is 2.12. The molecule has 0 N–H and O–H groups in total. The lowest BCUT2D eigenvalue weighted by Crippen LogP contribution is -1.83. The average Bonchev–Trinajstić information content (AvgIpc) is 2.85. The van der Waals surface area contributed by atoms with E-state index in [0.717, 1.165) is 16.3 Å². The zero-order chi connectivity index (χ0) is 14.0. The van der Waals surface area contributed by atoms with Gasteiger partial charge in [-0.3, -0.25) is 0 Å². The van der Waals surface area contributed by atoms with E-state index in [1.807, 2.05) is 18.2 Å². The predicted molar refractivity (Wildman–Crippen MR) is 85.8 cm³/mol. The Hall–Kier alpha value is -2.67. The highest BCUT2D eigenvalue weighted by atomic mass is 19.1. The normalized spacial score (nSPS) is 12.0. The highest BCUT2D eigenvalue weighted by molar-refractivity contribution is 6.23. The van der Waals surface area contributed by atoms with Gasteiger partial charge in [-0.15, -0.1) is 0 Å². The monoisotopic (exact) mass is 270 g/mol. The SMILES string of the molecule is Fc1cccc2c1cc1c3c(cccc32)-c2ccccc2-1. The molecule has 0 fully saturated rings. The molecule has 0 nitrogen and oxygen atoms in total. The number of hydrogen-bond donors (Lipinski definition) is 0. The van der Waals surface area contributed by atoms with Gasteiger partial charge in [-0.25, -0.2) is 4.39 Å². The van der Waals surface area contributed by atoms with Crippen molar-refractivity contribution in [2.45, 2.75) is 0 Å². The summed E-state index contributed by atoms with van der Waals surface area (Å²) in [7, 11) is 0. The van der Waals surface area contributed by atoms with E-state index in [2.05, 4.69) is 36.4 Å². The molecule has 0 saturated carbocycles. The van der Waals surface area contributed by atoms with Crippen molar-refractivity contribution in [2.75, 3.05) is 0 Å². The van der Waals surface area contributed by atoms with Crippen LogP contribution in [0.4, 0.5) is 4.39 Å². The van der Waals surface area contributed by atoms with Crippen LogP contribution < -0.4 is 0 Å². The van der Waals surface area contributed by atoms with Crippen molar-refractivity contribution in [3.63, 3.8) is 0 Å². The first-order chi connectivity index (χ1) is 10.3. The molecule has 0 atom stereocenters. The lowest BCUT2D eigenvalue weighted by molar-refractivity contribution is 0.640.